The second-order valence-corrected chi connectivity index (χ2v) is 3.77. The zero-order valence-electron chi connectivity index (χ0n) is 9.55. The first kappa shape index (κ1) is 12.6. The number of hydrogen-bond acceptors (Lipinski definition) is 5. The van der Waals surface area contributed by atoms with E-state index in [9.17, 15) is 4.79 Å². The summed E-state index contributed by atoms with van der Waals surface area (Å²) >= 11 is 0. The van der Waals surface area contributed by atoms with Gasteiger partial charge in [0.25, 0.3) is 0 Å². The molecule has 0 fully saturated rings. The lowest BCUT2D eigenvalue weighted by atomic mass is 10.3. The first-order valence-electron chi connectivity index (χ1n) is 5.06. The molecule has 0 radical (unpaired) electrons. The number of carbonyl (C=O) groups is 1. The van der Waals surface area contributed by atoms with Gasteiger partial charge >= 0.3 is 5.97 Å². The molecule has 90 valence electrons. The summed E-state index contributed by atoms with van der Waals surface area (Å²) in [6.45, 7) is 1.67. The number of aromatic carboxylic acids is 1. The van der Waals surface area contributed by atoms with Crippen LogP contribution in [0.2, 0.25) is 0 Å². The molecule has 0 aliphatic carbocycles. The number of nitrogens with two attached hydrogens (primary N) is 1. The Hall–Kier alpha value is -1.47. The number of nitrogens with zero attached hydrogens (tertiary/aromatic N) is 4. The molecule has 16 heavy (non-hydrogen) atoms. The Morgan fingerprint density at radius 2 is 2.25 bits per heavy atom. The predicted molar refractivity (Wildman–Crippen MR) is 58.0 cm³/mol. The zero-order valence-corrected chi connectivity index (χ0v) is 9.55. The molecule has 1 rings (SSSR count). The summed E-state index contributed by atoms with van der Waals surface area (Å²) in [6.07, 6.45) is 0.877. The Kier molecular flexibility index (Phi) is 4.39. The molecule has 3 N–H and O–H groups in total. The number of carboxylic acid groups (broad SMARTS) is 1. The molecule has 0 amide bonds. The highest BCUT2D eigenvalue weighted by atomic mass is 16.4. The zero-order chi connectivity index (χ0) is 12.1. The third-order valence-corrected chi connectivity index (χ3v) is 2.21. The fourth-order valence-electron chi connectivity index (χ4n) is 1.42. The minimum Gasteiger partial charge on any atom is -0.476 e. The lowest BCUT2D eigenvalue weighted by Crippen LogP contribution is -2.17. The second kappa shape index (κ2) is 5.57. The normalized spacial score (nSPS) is 11.0. The van der Waals surface area contributed by atoms with Gasteiger partial charge in [-0.15, -0.1) is 5.10 Å². The van der Waals surface area contributed by atoms with Crippen molar-refractivity contribution in [3.05, 3.63) is 11.4 Å². The molecule has 0 saturated carbocycles. The van der Waals surface area contributed by atoms with Crippen molar-refractivity contribution in [2.24, 2.45) is 5.73 Å². The van der Waals surface area contributed by atoms with Crippen molar-refractivity contribution in [3.8, 4) is 0 Å². The number of aromatic nitrogens is 3. The third kappa shape index (κ3) is 3.01. The van der Waals surface area contributed by atoms with Gasteiger partial charge in [0.1, 0.15) is 0 Å². The minimum absolute atomic E-state index is 0.0487. The smallest absolute Gasteiger partial charge is 0.358 e. The quantitative estimate of drug-likeness (QED) is 0.672. The lowest BCUT2D eigenvalue weighted by Gasteiger charge is -2.09. The van der Waals surface area contributed by atoms with Gasteiger partial charge in [0.2, 0.25) is 0 Å². The van der Waals surface area contributed by atoms with Gasteiger partial charge in [0, 0.05) is 13.1 Å². The molecule has 0 aromatic carbocycles. The van der Waals surface area contributed by atoms with Crippen LogP contribution in [-0.4, -0.2) is 51.6 Å². The van der Waals surface area contributed by atoms with Gasteiger partial charge in [-0.3, -0.25) is 0 Å². The van der Waals surface area contributed by atoms with E-state index in [4.69, 9.17) is 10.8 Å². The van der Waals surface area contributed by atoms with E-state index in [1.165, 1.54) is 0 Å². The molecule has 0 spiro atoms. The van der Waals surface area contributed by atoms with Crippen LogP contribution < -0.4 is 5.73 Å². The molecule has 0 bridgehead atoms. The van der Waals surface area contributed by atoms with Crippen LogP contribution in [0.1, 0.15) is 22.6 Å². The van der Waals surface area contributed by atoms with Crippen LogP contribution in [0, 0.1) is 0 Å². The summed E-state index contributed by atoms with van der Waals surface area (Å²) in [5.41, 5.74) is 5.92. The van der Waals surface area contributed by atoms with Crippen LogP contribution in [0.25, 0.3) is 0 Å². The summed E-state index contributed by atoms with van der Waals surface area (Å²) in [7, 11) is 3.96. The summed E-state index contributed by atoms with van der Waals surface area (Å²) in [5.74, 6) is -1.08. The Morgan fingerprint density at radius 1 is 1.56 bits per heavy atom. The molecule has 0 aliphatic heterocycles. The lowest BCUT2D eigenvalue weighted by molar-refractivity contribution is 0.0689. The monoisotopic (exact) mass is 227 g/mol. The standard InChI is InChI=1S/C9H17N5O2/c1-13(2)4-3-5-14-7(6-10)8(9(15)16)11-12-14/h3-6,10H2,1-2H3,(H,15,16). The van der Waals surface area contributed by atoms with Crippen molar-refractivity contribution in [3.63, 3.8) is 0 Å². The van der Waals surface area contributed by atoms with E-state index in [2.05, 4.69) is 15.2 Å². The van der Waals surface area contributed by atoms with Crippen LogP contribution in [0.15, 0.2) is 0 Å². The molecule has 7 nitrogen and oxygen atoms in total. The molecular formula is C9H17N5O2. The van der Waals surface area contributed by atoms with E-state index in [0.29, 0.717) is 12.2 Å². The number of hydrogen-bond donors (Lipinski definition) is 2. The van der Waals surface area contributed by atoms with Crippen LogP contribution in [-0.2, 0) is 13.1 Å². The van der Waals surface area contributed by atoms with E-state index in [1.54, 1.807) is 4.68 Å². The highest BCUT2D eigenvalue weighted by molar-refractivity contribution is 5.86. The summed E-state index contributed by atoms with van der Waals surface area (Å²) in [6, 6.07) is 0. The molecule has 0 atom stereocenters. The Morgan fingerprint density at radius 3 is 2.75 bits per heavy atom. The fourth-order valence-corrected chi connectivity index (χ4v) is 1.42. The van der Waals surface area contributed by atoms with E-state index in [-0.39, 0.29) is 12.2 Å². The molecule has 0 aliphatic rings. The van der Waals surface area contributed by atoms with Crippen molar-refractivity contribution in [2.75, 3.05) is 20.6 Å². The van der Waals surface area contributed by atoms with Crippen molar-refractivity contribution in [2.45, 2.75) is 19.5 Å². The van der Waals surface area contributed by atoms with Crippen LogP contribution in [0.5, 0.6) is 0 Å². The van der Waals surface area contributed by atoms with Crippen molar-refractivity contribution < 1.29 is 9.90 Å². The van der Waals surface area contributed by atoms with Crippen LogP contribution in [0.4, 0.5) is 0 Å². The SMILES string of the molecule is CN(C)CCCn1nnc(C(=O)O)c1CN. The summed E-state index contributed by atoms with van der Waals surface area (Å²) < 4.78 is 1.56. The maximum Gasteiger partial charge on any atom is 0.358 e. The highest BCUT2D eigenvalue weighted by Crippen LogP contribution is 2.05. The van der Waals surface area contributed by atoms with Crippen LogP contribution >= 0.6 is 0 Å². The average molecular weight is 227 g/mol. The number of rotatable bonds is 6. The topological polar surface area (TPSA) is 97.3 Å². The maximum atomic E-state index is 10.8. The Labute approximate surface area is 93.8 Å². The molecule has 1 heterocycles. The average Bonchev–Trinajstić information content (AvgIpc) is 2.60. The molecule has 1 aromatic rings. The largest absolute Gasteiger partial charge is 0.476 e. The van der Waals surface area contributed by atoms with Crippen molar-refractivity contribution in [1.29, 1.82) is 0 Å². The number of carboxylic acids is 1. The van der Waals surface area contributed by atoms with Gasteiger partial charge < -0.3 is 15.7 Å². The molecule has 0 saturated heterocycles. The molecule has 0 unspecified atom stereocenters. The second-order valence-electron chi connectivity index (χ2n) is 3.77. The van der Waals surface area contributed by atoms with Crippen molar-refractivity contribution >= 4 is 5.97 Å². The molecular weight excluding hydrogens is 210 g/mol. The van der Waals surface area contributed by atoms with Gasteiger partial charge in [-0.1, -0.05) is 5.21 Å². The first-order chi connectivity index (χ1) is 7.56. The van der Waals surface area contributed by atoms with Crippen LogP contribution in [0.3, 0.4) is 0 Å². The van der Waals surface area contributed by atoms with E-state index >= 15 is 0 Å². The third-order valence-electron chi connectivity index (χ3n) is 2.21. The predicted octanol–water partition coefficient (Wildman–Crippen LogP) is -0.613. The number of aryl methyl sites for hydroxylation is 1. The molecule has 7 heteroatoms. The van der Waals surface area contributed by atoms with Gasteiger partial charge in [0.15, 0.2) is 5.69 Å². The summed E-state index contributed by atoms with van der Waals surface area (Å²) in [4.78, 5) is 12.8. The van der Waals surface area contributed by atoms with Gasteiger partial charge in [-0.25, -0.2) is 9.48 Å². The first-order valence-corrected chi connectivity index (χ1v) is 5.06. The van der Waals surface area contributed by atoms with Gasteiger partial charge in [-0.05, 0) is 27.1 Å². The Balaban J connectivity index is 2.69. The highest BCUT2D eigenvalue weighted by Gasteiger charge is 2.17. The minimum atomic E-state index is -1.08. The summed E-state index contributed by atoms with van der Waals surface area (Å²) in [5, 5.41) is 16.2. The van der Waals surface area contributed by atoms with E-state index < -0.39 is 5.97 Å². The van der Waals surface area contributed by atoms with Gasteiger partial charge in [-0.2, -0.15) is 0 Å². The van der Waals surface area contributed by atoms with E-state index in [1.807, 2.05) is 14.1 Å². The molecule has 1 aromatic heterocycles. The van der Waals surface area contributed by atoms with E-state index in [0.717, 1.165) is 13.0 Å². The van der Waals surface area contributed by atoms with Crippen molar-refractivity contribution in [1.82, 2.24) is 19.9 Å². The Bertz CT molecular complexity index is 361. The fraction of sp³-hybridized carbons (Fsp3) is 0.667. The maximum absolute atomic E-state index is 10.8. The van der Waals surface area contributed by atoms with Gasteiger partial charge in [0.05, 0.1) is 5.69 Å².